The summed E-state index contributed by atoms with van der Waals surface area (Å²) in [5, 5.41) is 1.16. The van der Waals surface area contributed by atoms with Crippen molar-refractivity contribution in [1.82, 2.24) is 9.97 Å². The summed E-state index contributed by atoms with van der Waals surface area (Å²) < 4.78 is 4.60. The van der Waals surface area contributed by atoms with Crippen molar-refractivity contribution in [2.75, 3.05) is 25.1 Å². The van der Waals surface area contributed by atoms with Crippen LogP contribution in [0.4, 0.5) is 5.82 Å². The first-order valence-corrected chi connectivity index (χ1v) is 6.85. The molecule has 0 aromatic carbocycles. The quantitative estimate of drug-likeness (QED) is 0.759. The number of rotatable bonds is 2. The number of methoxy groups -OCH3 is 1. The van der Waals surface area contributed by atoms with Gasteiger partial charge in [-0.2, -0.15) is 11.8 Å². The molecule has 98 valence electrons. The third-order valence-corrected chi connectivity index (χ3v) is 4.00. The summed E-state index contributed by atoms with van der Waals surface area (Å²) in [5.41, 5.74) is 0.244. The molecule has 0 radical (unpaired) electrons. The Labute approximate surface area is 111 Å². The van der Waals surface area contributed by atoms with Crippen molar-refractivity contribution in [1.29, 1.82) is 0 Å². The molecule has 1 aliphatic heterocycles. The van der Waals surface area contributed by atoms with E-state index in [1.54, 1.807) is 6.20 Å². The molecule has 2 rings (SSSR count). The van der Waals surface area contributed by atoms with E-state index in [1.807, 2.05) is 11.8 Å². The van der Waals surface area contributed by atoms with E-state index in [-0.39, 0.29) is 5.69 Å². The molecule has 5 nitrogen and oxygen atoms in total. The van der Waals surface area contributed by atoms with Crippen LogP contribution in [0.15, 0.2) is 12.4 Å². The van der Waals surface area contributed by atoms with Gasteiger partial charge in [-0.1, -0.05) is 13.8 Å². The molecule has 0 N–H and O–H groups in total. The fraction of sp³-hybridized carbons (Fsp3) is 0.583. The molecule has 0 saturated carbocycles. The first-order valence-electron chi connectivity index (χ1n) is 5.91. The third-order valence-electron chi connectivity index (χ3n) is 2.78. The van der Waals surface area contributed by atoms with Crippen LogP contribution in [0.5, 0.6) is 0 Å². The van der Waals surface area contributed by atoms with Crippen LogP contribution in [-0.2, 0) is 4.74 Å². The SMILES string of the molecule is COC(=O)c1cnc(N2CC(C)SC(C)C2)cn1. The molecule has 1 aliphatic rings. The van der Waals surface area contributed by atoms with Crippen molar-refractivity contribution >= 4 is 23.5 Å². The number of esters is 1. The Morgan fingerprint density at radius 1 is 1.33 bits per heavy atom. The molecule has 2 heterocycles. The third kappa shape index (κ3) is 2.93. The molecule has 1 aromatic rings. The van der Waals surface area contributed by atoms with Crippen LogP contribution >= 0.6 is 11.8 Å². The summed E-state index contributed by atoms with van der Waals surface area (Å²) in [6.45, 7) is 6.34. The Hall–Kier alpha value is -1.30. The van der Waals surface area contributed by atoms with E-state index in [9.17, 15) is 4.79 Å². The molecule has 0 spiro atoms. The van der Waals surface area contributed by atoms with Crippen LogP contribution in [0.2, 0.25) is 0 Å². The molecule has 6 heteroatoms. The molecule has 1 aromatic heterocycles. The molecule has 2 atom stereocenters. The lowest BCUT2D eigenvalue weighted by molar-refractivity contribution is 0.0593. The van der Waals surface area contributed by atoms with E-state index >= 15 is 0 Å². The number of ether oxygens (including phenoxy) is 1. The number of carbonyl (C=O) groups excluding carboxylic acids is 1. The Balaban J connectivity index is 2.11. The van der Waals surface area contributed by atoms with E-state index in [4.69, 9.17) is 0 Å². The van der Waals surface area contributed by atoms with Crippen molar-refractivity contribution in [3.63, 3.8) is 0 Å². The number of nitrogens with zero attached hydrogens (tertiary/aromatic N) is 3. The van der Waals surface area contributed by atoms with Gasteiger partial charge in [0.1, 0.15) is 5.82 Å². The monoisotopic (exact) mass is 267 g/mol. The predicted octanol–water partition coefficient (Wildman–Crippen LogP) is 1.59. The van der Waals surface area contributed by atoms with E-state index in [1.165, 1.54) is 13.3 Å². The number of thioether (sulfide) groups is 1. The minimum Gasteiger partial charge on any atom is -0.464 e. The number of hydrogen-bond acceptors (Lipinski definition) is 6. The average molecular weight is 267 g/mol. The number of carbonyl (C=O) groups is 1. The molecule has 0 amide bonds. The highest BCUT2D eigenvalue weighted by Gasteiger charge is 2.23. The van der Waals surface area contributed by atoms with Crippen molar-refractivity contribution < 1.29 is 9.53 Å². The van der Waals surface area contributed by atoms with E-state index < -0.39 is 5.97 Å². The van der Waals surface area contributed by atoms with Crippen LogP contribution < -0.4 is 4.90 Å². The Morgan fingerprint density at radius 2 is 2.00 bits per heavy atom. The van der Waals surface area contributed by atoms with E-state index in [0.29, 0.717) is 10.5 Å². The van der Waals surface area contributed by atoms with Gasteiger partial charge in [-0.25, -0.2) is 14.8 Å². The summed E-state index contributed by atoms with van der Waals surface area (Å²) in [6.07, 6.45) is 3.11. The van der Waals surface area contributed by atoms with Gasteiger partial charge < -0.3 is 9.64 Å². The molecule has 18 heavy (non-hydrogen) atoms. The van der Waals surface area contributed by atoms with Gasteiger partial charge in [-0.3, -0.25) is 0 Å². The molecular weight excluding hydrogens is 250 g/mol. The van der Waals surface area contributed by atoms with Crippen molar-refractivity contribution in [3.05, 3.63) is 18.1 Å². The first-order chi connectivity index (χ1) is 8.60. The molecular formula is C12H17N3O2S. The summed E-state index contributed by atoms with van der Waals surface area (Å²) in [6, 6.07) is 0. The Bertz CT molecular complexity index is 414. The van der Waals surface area contributed by atoms with Crippen LogP contribution in [0.25, 0.3) is 0 Å². The van der Waals surface area contributed by atoms with Crippen LogP contribution in [-0.4, -0.2) is 46.6 Å². The summed E-state index contributed by atoms with van der Waals surface area (Å²) in [4.78, 5) is 21.9. The summed E-state index contributed by atoms with van der Waals surface area (Å²) >= 11 is 1.99. The van der Waals surface area contributed by atoms with Gasteiger partial charge in [0.2, 0.25) is 0 Å². The maximum Gasteiger partial charge on any atom is 0.358 e. The van der Waals surface area contributed by atoms with Gasteiger partial charge >= 0.3 is 5.97 Å². The number of aromatic nitrogens is 2. The van der Waals surface area contributed by atoms with Crippen molar-refractivity contribution in [2.45, 2.75) is 24.3 Å². The molecule has 1 fully saturated rings. The van der Waals surface area contributed by atoms with Crippen LogP contribution in [0.1, 0.15) is 24.3 Å². The standard InChI is InChI=1S/C12H17N3O2S/c1-8-6-15(7-9(2)18-8)11-5-13-10(4-14-11)12(16)17-3/h4-5,8-9H,6-7H2,1-3H3. The largest absolute Gasteiger partial charge is 0.464 e. The molecule has 0 aliphatic carbocycles. The highest BCUT2D eigenvalue weighted by Crippen LogP contribution is 2.27. The fourth-order valence-electron chi connectivity index (χ4n) is 2.06. The number of anilines is 1. The second kappa shape index (κ2) is 5.56. The Kier molecular flexibility index (Phi) is 4.06. The van der Waals surface area contributed by atoms with Gasteiger partial charge in [-0.05, 0) is 0 Å². The second-order valence-electron chi connectivity index (χ2n) is 4.41. The van der Waals surface area contributed by atoms with Gasteiger partial charge in [0.25, 0.3) is 0 Å². The van der Waals surface area contributed by atoms with Crippen molar-refractivity contribution in [3.8, 4) is 0 Å². The average Bonchev–Trinajstić information content (AvgIpc) is 2.37. The smallest absolute Gasteiger partial charge is 0.358 e. The fourth-order valence-corrected chi connectivity index (χ4v) is 3.38. The second-order valence-corrected chi connectivity index (χ2v) is 6.30. The van der Waals surface area contributed by atoms with E-state index in [0.717, 1.165) is 18.9 Å². The normalized spacial score (nSPS) is 23.8. The van der Waals surface area contributed by atoms with Gasteiger partial charge in [0, 0.05) is 23.6 Å². The minimum absolute atomic E-state index is 0.244. The summed E-state index contributed by atoms with van der Waals surface area (Å²) in [7, 11) is 1.34. The van der Waals surface area contributed by atoms with Gasteiger partial charge in [0.15, 0.2) is 5.69 Å². The highest BCUT2D eigenvalue weighted by atomic mass is 32.2. The molecule has 0 bridgehead atoms. The Morgan fingerprint density at radius 3 is 2.50 bits per heavy atom. The maximum atomic E-state index is 11.3. The van der Waals surface area contributed by atoms with Crippen molar-refractivity contribution in [2.24, 2.45) is 0 Å². The first kappa shape index (κ1) is 13.1. The topological polar surface area (TPSA) is 55.3 Å². The lowest BCUT2D eigenvalue weighted by atomic mass is 10.3. The summed E-state index contributed by atoms with van der Waals surface area (Å²) in [5.74, 6) is 0.367. The highest BCUT2D eigenvalue weighted by molar-refractivity contribution is 8.00. The van der Waals surface area contributed by atoms with E-state index in [2.05, 4.69) is 33.5 Å². The molecule has 2 unspecified atom stereocenters. The van der Waals surface area contributed by atoms with Gasteiger partial charge in [-0.15, -0.1) is 0 Å². The van der Waals surface area contributed by atoms with Gasteiger partial charge in [0.05, 0.1) is 19.5 Å². The zero-order chi connectivity index (χ0) is 13.1. The zero-order valence-electron chi connectivity index (χ0n) is 10.8. The lowest BCUT2D eigenvalue weighted by Gasteiger charge is -2.35. The number of hydrogen-bond donors (Lipinski definition) is 0. The van der Waals surface area contributed by atoms with Crippen LogP contribution in [0, 0.1) is 0 Å². The van der Waals surface area contributed by atoms with Crippen LogP contribution in [0.3, 0.4) is 0 Å². The predicted molar refractivity (Wildman–Crippen MR) is 72.1 cm³/mol. The molecule has 1 saturated heterocycles. The minimum atomic E-state index is -0.454. The zero-order valence-corrected chi connectivity index (χ0v) is 11.6. The lowest BCUT2D eigenvalue weighted by Crippen LogP contribution is -2.40. The maximum absolute atomic E-state index is 11.3.